The molecule has 0 aromatic carbocycles. The Labute approximate surface area is 108 Å². The Balaban J connectivity index is 2.52. The summed E-state index contributed by atoms with van der Waals surface area (Å²) in [6.07, 6.45) is -0.336. The SMILES string of the molecule is CN(Cc1cc(Br)sn1)C(=O)OC(C)(C)C. The third kappa shape index (κ3) is 4.49. The van der Waals surface area contributed by atoms with Crippen molar-refractivity contribution < 1.29 is 9.53 Å². The van der Waals surface area contributed by atoms with E-state index in [1.165, 1.54) is 16.4 Å². The molecule has 0 aliphatic heterocycles. The third-order valence-corrected chi connectivity index (χ3v) is 2.92. The smallest absolute Gasteiger partial charge is 0.410 e. The van der Waals surface area contributed by atoms with Crippen molar-refractivity contribution in [2.45, 2.75) is 32.9 Å². The minimum Gasteiger partial charge on any atom is -0.444 e. The molecule has 0 aliphatic rings. The van der Waals surface area contributed by atoms with E-state index in [1.807, 2.05) is 26.8 Å². The number of halogens is 1. The lowest BCUT2D eigenvalue weighted by atomic mass is 10.2. The van der Waals surface area contributed by atoms with Crippen LogP contribution in [0.5, 0.6) is 0 Å². The van der Waals surface area contributed by atoms with Crippen molar-refractivity contribution in [3.8, 4) is 0 Å². The number of carbonyl (C=O) groups excluding carboxylic acids is 1. The molecule has 0 saturated carbocycles. The molecule has 1 amide bonds. The molecule has 0 aliphatic carbocycles. The number of aromatic nitrogens is 1. The van der Waals surface area contributed by atoms with Gasteiger partial charge in [-0.3, -0.25) is 0 Å². The van der Waals surface area contributed by atoms with Gasteiger partial charge < -0.3 is 9.64 Å². The molecule has 1 aromatic heterocycles. The van der Waals surface area contributed by atoms with E-state index in [0.717, 1.165) is 9.48 Å². The monoisotopic (exact) mass is 306 g/mol. The van der Waals surface area contributed by atoms with Crippen LogP contribution in [0.3, 0.4) is 0 Å². The Morgan fingerprint density at radius 2 is 2.25 bits per heavy atom. The van der Waals surface area contributed by atoms with Gasteiger partial charge in [-0.25, -0.2) is 4.79 Å². The molecule has 16 heavy (non-hydrogen) atoms. The summed E-state index contributed by atoms with van der Waals surface area (Å²) in [6.45, 7) is 5.99. The number of hydrogen-bond acceptors (Lipinski definition) is 4. The molecule has 0 spiro atoms. The van der Waals surface area contributed by atoms with Gasteiger partial charge in [-0.1, -0.05) is 0 Å². The predicted molar refractivity (Wildman–Crippen MR) is 67.5 cm³/mol. The Bertz CT molecular complexity index is 373. The molecule has 1 aromatic rings. The van der Waals surface area contributed by atoms with E-state index >= 15 is 0 Å². The predicted octanol–water partition coefficient (Wildman–Crippen LogP) is 3.27. The van der Waals surface area contributed by atoms with Gasteiger partial charge in [0.2, 0.25) is 0 Å². The third-order valence-electron chi connectivity index (χ3n) is 1.63. The molecule has 1 rings (SSSR count). The molecule has 0 bridgehead atoms. The fourth-order valence-electron chi connectivity index (χ4n) is 1.01. The maximum atomic E-state index is 11.6. The van der Waals surface area contributed by atoms with E-state index in [-0.39, 0.29) is 6.09 Å². The second kappa shape index (κ2) is 5.14. The molecule has 0 fully saturated rings. The number of nitrogens with zero attached hydrogens (tertiary/aromatic N) is 2. The first kappa shape index (κ1) is 13.4. The fraction of sp³-hybridized carbons (Fsp3) is 0.600. The van der Waals surface area contributed by atoms with Crippen molar-refractivity contribution in [3.05, 3.63) is 15.5 Å². The zero-order valence-electron chi connectivity index (χ0n) is 9.78. The van der Waals surface area contributed by atoms with E-state index in [2.05, 4.69) is 20.3 Å². The zero-order chi connectivity index (χ0) is 12.3. The van der Waals surface area contributed by atoms with Crippen molar-refractivity contribution >= 4 is 33.6 Å². The lowest BCUT2D eigenvalue weighted by Gasteiger charge is -2.24. The summed E-state index contributed by atoms with van der Waals surface area (Å²) in [4.78, 5) is 13.1. The van der Waals surface area contributed by atoms with Crippen LogP contribution < -0.4 is 0 Å². The topological polar surface area (TPSA) is 42.4 Å². The zero-order valence-corrected chi connectivity index (χ0v) is 12.2. The first-order chi connectivity index (χ1) is 7.28. The minimum absolute atomic E-state index is 0.336. The maximum Gasteiger partial charge on any atom is 0.410 e. The molecule has 1 heterocycles. The van der Waals surface area contributed by atoms with Crippen molar-refractivity contribution in [2.75, 3.05) is 7.05 Å². The highest BCUT2D eigenvalue weighted by atomic mass is 79.9. The van der Waals surface area contributed by atoms with Crippen LogP contribution in [0.15, 0.2) is 9.85 Å². The van der Waals surface area contributed by atoms with Crippen molar-refractivity contribution in [3.63, 3.8) is 0 Å². The first-order valence-electron chi connectivity index (χ1n) is 4.83. The molecule has 90 valence electrons. The van der Waals surface area contributed by atoms with Crippen LogP contribution in [0, 0.1) is 0 Å². The van der Waals surface area contributed by atoms with Crippen LogP contribution >= 0.6 is 27.5 Å². The highest BCUT2D eigenvalue weighted by molar-refractivity contribution is 9.11. The number of ether oxygens (including phenoxy) is 1. The Hall–Kier alpha value is -0.620. The van der Waals surface area contributed by atoms with Gasteiger partial charge >= 0.3 is 6.09 Å². The highest BCUT2D eigenvalue weighted by Gasteiger charge is 2.20. The summed E-state index contributed by atoms with van der Waals surface area (Å²) in [5.41, 5.74) is 0.388. The number of carbonyl (C=O) groups is 1. The van der Waals surface area contributed by atoms with Crippen LogP contribution in [0.2, 0.25) is 0 Å². The summed E-state index contributed by atoms with van der Waals surface area (Å²) < 4.78 is 10.4. The van der Waals surface area contributed by atoms with Crippen LogP contribution in [0.1, 0.15) is 26.5 Å². The van der Waals surface area contributed by atoms with Gasteiger partial charge in [0.05, 0.1) is 16.0 Å². The van der Waals surface area contributed by atoms with Gasteiger partial charge in [-0.2, -0.15) is 4.37 Å². The van der Waals surface area contributed by atoms with Crippen LogP contribution in [0.4, 0.5) is 4.79 Å². The second-order valence-corrected chi connectivity index (χ2v) is 6.64. The van der Waals surface area contributed by atoms with Crippen LogP contribution in [-0.2, 0) is 11.3 Å². The number of amides is 1. The Kier molecular flexibility index (Phi) is 4.32. The van der Waals surface area contributed by atoms with Crippen LogP contribution in [-0.4, -0.2) is 28.0 Å². The van der Waals surface area contributed by atoms with E-state index in [9.17, 15) is 4.79 Å². The summed E-state index contributed by atoms with van der Waals surface area (Å²) in [6, 6.07) is 1.89. The van der Waals surface area contributed by atoms with Gasteiger partial charge in [-0.05, 0) is 54.3 Å². The molecule has 0 unspecified atom stereocenters. The molecule has 0 atom stereocenters. The molecule has 4 nitrogen and oxygen atoms in total. The molecular weight excluding hydrogens is 292 g/mol. The quantitative estimate of drug-likeness (QED) is 0.842. The van der Waals surface area contributed by atoms with E-state index < -0.39 is 5.60 Å². The first-order valence-corrected chi connectivity index (χ1v) is 6.40. The van der Waals surface area contributed by atoms with Gasteiger partial charge in [0.1, 0.15) is 5.60 Å². The number of rotatable bonds is 2. The molecular formula is C10H15BrN2O2S. The largest absolute Gasteiger partial charge is 0.444 e. The Morgan fingerprint density at radius 1 is 1.62 bits per heavy atom. The Morgan fingerprint density at radius 3 is 2.69 bits per heavy atom. The summed E-state index contributed by atoms with van der Waals surface area (Å²) >= 11 is 4.69. The lowest BCUT2D eigenvalue weighted by molar-refractivity contribution is 0.0283. The molecule has 0 N–H and O–H groups in total. The fourth-order valence-corrected chi connectivity index (χ4v) is 1.99. The van der Waals surface area contributed by atoms with Crippen LogP contribution in [0.25, 0.3) is 0 Å². The summed E-state index contributed by atoms with van der Waals surface area (Å²) in [5.74, 6) is 0. The summed E-state index contributed by atoms with van der Waals surface area (Å²) in [7, 11) is 1.70. The molecule has 6 heteroatoms. The average molecular weight is 307 g/mol. The highest BCUT2D eigenvalue weighted by Crippen LogP contribution is 2.18. The second-order valence-electron chi connectivity index (χ2n) is 4.46. The normalized spacial score (nSPS) is 11.3. The minimum atomic E-state index is -0.464. The van der Waals surface area contributed by atoms with Crippen molar-refractivity contribution in [1.29, 1.82) is 0 Å². The van der Waals surface area contributed by atoms with Gasteiger partial charge in [0.25, 0.3) is 0 Å². The number of hydrogen-bond donors (Lipinski definition) is 0. The lowest BCUT2D eigenvalue weighted by Crippen LogP contribution is -2.33. The average Bonchev–Trinajstić information content (AvgIpc) is 2.48. The van der Waals surface area contributed by atoms with Gasteiger partial charge in [-0.15, -0.1) is 0 Å². The van der Waals surface area contributed by atoms with E-state index in [4.69, 9.17) is 4.74 Å². The maximum absolute atomic E-state index is 11.6. The van der Waals surface area contributed by atoms with Crippen molar-refractivity contribution in [1.82, 2.24) is 9.27 Å². The van der Waals surface area contributed by atoms with E-state index in [1.54, 1.807) is 7.05 Å². The van der Waals surface area contributed by atoms with E-state index in [0.29, 0.717) is 6.54 Å². The van der Waals surface area contributed by atoms with Gasteiger partial charge in [0.15, 0.2) is 0 Å². The van der Waals surface area contributed by atoms with Crippen molar-refractivity contribution in [2.24, 2.45) is 0 Å². The standard InChI is InChI=1S/C10H15BrN2O2S/c1-10(2,3)15-9(14)13(4)6-7-5-8(11)16-12-7/h5H,6H2,1-4H3. The molecule has 0 saturated heterocycles. The summed E-state index contributed by atoms with van der Waals surface area (Å²) in [5, 5.41) is 0. The van der Waals surface area contributed by atoms with Gasteiger partial charge in [0, 0.05) is 7.05 Å². The molecule has 0 radical (unpaired) electrons.